The van der Waals surface area contributed by atoms with Crippen LogP contribution in [0.2, 0.25) is 0 Å². The van der Waals surface area contributed by atoms with E-state index in [2.05, 4.69) is 6.92 Å². The topological polar surface area (TPSA) is 57.9 Å². The zero-order valence-corrected chi connectivity index (χ0v) is 20.2. The molecule has 0 radical (unpaired) electrons. The highest BCUT2D eigenvalue weighted by Gasteiger charge is 2.25. The van der Waals surface area contributed by atoms with Crippen molar-refractivity contribution in [3.05, 3.63) is 94.4 Å². The highest BCUT2D eigenvalue weighted by atomic mass is 16.5. The molecule has 1 aliphatic heterocycles. The standard InChI is InChI=1S/C30H28O5/c1-4-16-32-21-10-11-22(27(17-21)33-18-20-8-6-5-7-9-20)25-19-34-29-23-14-15-30(2,3)35-26(23)13-12-24(29)28(25)31/h5-15,17,19H,4,16,18H2,1-3H3. The molecule has 5 rings (SSSR count). The first-order valence-electron chi connectivity index (χ1n) is 11.9. The molecular formula is C30H28O5. The van der Waals surface area contributed by atoms with Crippen molar-refractivity contribution in [2.24, 2.45) is 0 Å². The van der Waals surface area contributed by atoms with Crippen molar-refractivity contribution >= 4 is 17.0 Å². The summed E-state index contributed by atoms with van der Waals surface area (Å²) < 4.78 is 24.1. The minimum atomic E-state index is -0.409. The monoisotopic (exact) mass is 468 g/mol. The van der Waals surface area contributed by atoms with Gasteiger partial charge in [0.15, 0.2) is 0 Å². The molecule has 0 saturated carbocycles. The lowest BCUT2D eigenvalue weighted by Crippen LogP contribution is -2.27. The minimum absolute atomic E-state index is 0.126. The SMILES string of the molecule is CCCOc1ccc(-c2coc3c4c(ccc3c2=O)OC(C)(C)C=C4)c(OCc2ccccc2)c1. The first-order valence-corrected chi connectivity index (χ1v) is 11.9. The van der Waals surface area contributed by atoms with E-state index in [0.717, 1.165) is 17.5 Å². The van der Waals surface area contributed by atoms with Crippen molar-refractivity contribution in [3.8, 4) is 28.4 Å². The molecule has 0 atom stereocenters. The van der Waals surface area contributed by atoms with Crippen LogP contribution in [0.1, 0.15) is 38.3 Å². The summed E-state index contributed by atoms with van der Waals surface area (Å²) in [4.78, 5) is 13.6. The molecule has 0 spiro atoms. The largest absolute Gasteiger partial charge is 0.493 e. The Bertz CT molecular complexity index is 1450. The zero-order chi connectivity index (χ0) is 24.4. The number of benzene rings is 3. The molecule has 5 nitrogen and oxygen atoms in total. The molecule has 178 valence electrons. The van der Waals surface area contributed by atoms with E-state index in [1.807, 2.05) is 80.6 Å². The minimum Gasteiger partial charge on any atom is -0.493 e. The molecule has 1 aliphatic rings. The van der Waals surface area contributed by atoms with Crippen molar-refractivity contribution in [1.82, 2.24) is 0 Å². The van der Waals surface area contributed by atoms with Gasteiger partial charge in [0.05, 0.1) is 23.1 Å². The fourth-order valence-corrected chi connectivity index (χ4v) is 4.13. The van der Waals surface area contributed by atoms with Crippen LogP contribution in [-0.4, -0.2) is 12.2 Å². The van der Waals surface area contributed by atoms with Crippen LogP contribution in [0.3, 0.4) is 0 Å². The van der Waals surface area contributed by atoms with Crippen molar-refractivity contribution < 1.29 is 18.6 Å². The quantitative estimate of drug-likeness (QED) is 0.292. The van der Waals surface area contributed by atoms with Crippen molar-refractivity contribution in [2.45, 2.75) is 39.4 Å². The molecular weight excluding hydrogens is 440 g/mol. The molecule has 0 N–H and O–H groups in total. The summed E-state index contributed by atoms with van der Waals surface area (Å²) in [6.07, 6.45) is 6.33. The van der Waals surface area contributed by atoms with Crippen LogP contribution in [-0.2, 0) is 6.61 Å². The summed E-state index contributed by atoms with van der Waals surface area (Å²) in [5.41, 5.74) is 2.87. The van der Waals surface area contributed by atoms with E-state index >= 15 is 0 Å². The summed E-state index contributed by atoms with van der Waals surface area (Å²) in [6, 6.07) is 19.1. The van der Waals surface area contributed by atoms with Gasteiger partial charge in [0.2, 0.25) is 5.43 Å². The smallest absolute Gasteiger partial charge is 0.200 e. The highest BCUT2D eigenvalue weighted by molar-refractivity contribution is 5.91. The van der Waals surface area contributed by atoms with Crippen LogP contribution < -0.4 is 19.6 Å². The number of hydrogen-bond acceptors (Lipinski definition) is 5. The van der Waals surface area contributed by atoms with Gasteiger partial charge in [-0.2, -0.15) is 0 Å². The highest BCUT2D eigenvalue weighted by Crippen LogP contribution is 2.38. The summed E-state index contributed by atoms with van der Waals surface area (Å²) in [5.74, 6) is 1.96. The van der Waals surface area contributed by atoms with Crippen LogP contribution >= 0.6 is 0 Å². The summed E-state index contributed by atoms with van der Waals surface area (Å²) in [5, 5.41) is 0.495. The lowest BCUT2D eigenvalue weighted by Gasteiger charge is -2.27. The molecule has 2 heterocycles. The van der Waals surface area contributed by atoms with E-state index in [-0.39, 0.29) is 5.43 Å². The van der Waals surface area contributed by atoms with Gasteiger partial charge < -0.3 is 18.6 Å². The normalized spacial score (nSPS) is 13.8. The molecule has 4 aromatic rings. The van der Waals surface area contributed by atoms with Gasteiger partial charge in [-0.25, -0.2) is 0 Å². The molecule has 0 fully saturated rings. The number of hydrogen-bond donors (Lipinski definition) is 0. The second kappa shape index (κ2) is 9.34. The molecule has 0 bridgehead atoms. The maximum atomic E-state index is 13.6. The Morgan fingerprint density at radius 3 is 2.57 bits per heavy atom. The van der Waals surface area contributed by atoms with Crippen LogP contribution in [0.5, 0.6) is 17.2 Å². The Morgan fingerprint density at radius 2 is 1.77 bits per heavy atom. The van der Waals surface area contributed by atoms with E-state index in [0.29, 0.717) is 52.6 Å². The van der Waals surface area contributed by atoms with Gasteiger partial charge in [-0.05, 0) is 62.2 Å². The van der Waals surface area contributed by atoms with Crippen molar-refractivity contribution in [3.63, 3.8) is 0 Å². The van der Waals surface area contributed by atoms with Gasteiger partial charge in [-0.1, -0.05) is 37.3 Å². The molecule has 0 saturated heterocycles. The molecule has 1 aromatic heterocycles. The fraction of sp³-hybridized carbons (Fsp3) is 0.233. The maximum Gasteiger partial charge on any atom is 0.200 e. The third-order valence-corrected chi connectivity index (χ3v) is 5.92. The lowest BCUT2D eigenvalue weighted by molar-refractivity contribution is 0.159. The first kappa shape index (κ1) is 22.8. The van der Waals surface area contributed by atoms with Gasteiger partial charge in [-0.15, -0.1) is 0 Å². The number of ether oxygens (including phenoxy) is 3. The van der Waals surface area contributed by atoms with Gasteiger partial charge in [-0.3, -0.25) is 4.79 Å². The van der Waals surface area contributed by atoms with Crippen LogP contribution in [0.4, 0.5) is 0 Å². The summed E-state index contributed by atoms with van der Waals surface area (Å²) in [7, 11) is 0. The van der Waals surface area contributed by atoms with Crippen LogP contribution in [0, 0.1) is 0 Å². The van der Waals surface area contributed by atoms with E-state index in [9.17, 15) is 4.79 Å². The van der Waals surface area contributed by atoms with Crippen molar-refractivity contribution in [1.29, 1.82) is 0 Å². The van der Waals surface area contributed by atoms with E-state index in [1.165, 1.54) is 6.26 Å². The fourth-order valence-electron chi connectivity index (χ4n) is 4.13. The summed E-state index contributed by atoms with van der Waals surface area (Å²) in [6.45, 7) is 7.01. The average molecular weight is 469 g/mol. The van der Waals surface area contributed by atoms with Crippen LogP contribution in [0.15, 0.2) is 82.2 Å². The van der Waals surface area contributed by atoms with E-state index in [4.69, 9.17) is 18.6 Å². The molecule has 5 heteroatoms. The Morgan fingerprint density at radius 1 is 0.943 bits per heavy atom. The molecule has 0 unspecified atom stereocenters. The Hall–Kier alpha value is -3.99. The van der Waals surface area contributed by atoms with Gasteiger partial charge >= 0.3 is 0 Å². The Kier molecular flexibility index (Phi) is 6.08. The summed E-state index contributed by atoms with van der Waals surface area (Å²) >= 11 is 0. The Labute approximate surface area is 204 Å². The Balaban J connectivity index is 1.57. The molecule has 0 aliphatic carbocycles. The molecule has 3 aromatic carbocycles. The third-order valence-electron chi connectivity index (χ3n) is 5.92. The second-order valence-electron chi connectivity index (χ2n) is 9.15. The van der Waals surface area contributed by atoms with E-state index in [1.54, 1.807) is 6.07 Å². The second-order valence-corrected chi connectivity index (χ2v) is 9.15. The van der Waals surface area contributed by atoms with Gasteiger partial charge in [0, 0.05) is 11.6 Å². The maximum absolute atomic E-state index is 13.6. The molecule has 0 amide bonds. The predicted molar refractivity (Wildman–Crippen MR) is 138 cm³/mol. The van der Waals surface area contributed by atoms with Crippen LogP contribution in [0.25, 0.3) is 28.2 Å². The number of fused-ring (bicyclic) bond motifs is 3. The van der Waals surface area contributed by atoms with Crippen molar-refractivity contribution in [2.75, 3.05) is 6.61 Å². The van der Waals surface area contributed by atoms with E-state index < -0.39 is 5.60 Å². The lowest BCUT2D eigenvalue weighted by atomic mass is 9.99. The zero-order valence-electron chi connectivity index (χ0n) is 20.2. The predicted octanol–water partition coefficient (Wildman–Crippen LogP) is 7.01. The number of rotatable bonds is 7. The third kappa shape index (κ3) is 4.67. The van der Waals surface area contributed by atoms with Gasteiger partial charge in [0.1, 0.15) is 41.3 Å². The molecule has 35 heavy (non-hydrogen) atoms. The first-order chi connectivity index (χ1) is 16.9. The average Bonchev–Trinajstić information content (AvgIpc) is 2.86. The van der Waals surface area contributed by atoms with Gasteiger partial charge in [0.25, 0.3) is 0 Å².